The molecule has 1 aromatic rings. The third kappa shape index (κ3) is 2.51. The van der Waals surface area contributed by atoms with Crippen molar-refractivity contribution in [1.82, 2.24) is 15.6 Å². The van der Waals surface area contributed by atoms with Crippen LogP contribution in [0.2, 0.25) is 0 Å². The highest BCUT2D eigenvalue weighted by molar-refractivity contribution is 5.77. The number of hydrogen-bond acceptors (Lipinski definition) is 5. The zero-order chi connectivity index (χ0) is 8.81. The first kappa shape index (κ1) is 8.41. The van der Waals surface area contributed by atoms with Gasteiger partial charge in [0, 0.05) is 6.20 Å². The first-order valence-corrected chi connectivity index (χ1v) is 3.26. The van der Waals surface area contributed by atoms with E-state index in [0.29, 0.717) is 5.82 Å². The van der Waals surface area contributed by atoms with Gasteiger partial charge in [-0.25, -0.2) is 0 Å². The van der Waals surface area contributed by atoms with Gasteiger partial charge in [-0.05, 0) is 12.1 Å². The smallest absolute Gasteiger partial charge is 0.264 e. The number of hydrazine groups is 1. The molecule has 0 unspecified atom stereocenters. The Labute approximate surface area is 68.6 Å². The molecule has 0 saturated carbocycles. The molecule has 6 nitrogen and oxygen atoms in total. The van der Waals surface area contributed by atoms with E-state index in [9.17, 15) is 4.79 Å². The van der Waals surface area contributed by atoms with Crippen LogP contribution >= 0.6 is 0 Å². The van der Waals surface area contributed by atoms with Crippen molar-refractivity contribution in [3.8, 4) is 0 Å². The highest BCUT2D eigenvalue weighted by Gasteiger charge is 1.96. The summed E-state index contributed by atoms with van der Waals surface area (Å²) in [6.45, 7) is -0.562. The quantitative estimate of drug-likeness (QED) is 0.499. The van der Waals surface area contributed by atoms with Crippen molar-refractivity contribution in [2.75, 3.05) is 12.0 Å². The van der Waals surface area contributed by atoms with Crippen LogP contribution in [0.3, 0.4) is 0 Å². The number of anilines is 1. The Kier molecular flexibility index (Phi) is 2.97. The van der Waals surface area contributed by atoms with Gasteiger partial charge in [0.25, 0.3) is 5.91 Å². The molecule has 0 fully saturated rings. The average Bonchev–Trinajstić information content (AvgIpc) is 2.16. The first-order chi connectivity index (χ1) is 5.83. The van der Waals surface area contributed by atoms with Gasteiger partial charge >= 0.3 is 0 Å². The van der Waals surface area contributed by atoms with E-state index in [0.717, 1.165) is 0 Å². The summed E-state index contributed by atoms with van der Waals surface area (Å²) in [7, 11) is 0. The number of nitrogens with one attached hydrogen (secondary N) is 2. The maximum atomic E-state index is 10.5. The second kappa shape index (κ2) is 4.24. The minimum Gasteiger partial charge on any atom is -0.386 e. The van der Waals surface area contributed by atoms with Crippen LogP contribution in [0.25, 0.3) is 0 Å². The lowest BCUT2D eigenvalue weighted by Gasteiger charge is -2.03. The van der Waals surface area contributed by atoms with E-state index in [4.69, 9.17) is 5.11 Å². The second-order valence-corrected chi connectivity index (χ2v) is 1.94. The summed E-state index contributed by atoms with van der Waals surface area (Å²) in [4.78, 5) is 10.5. The van der Waals surface area contributed by atoms with E-state index in [1.54, 1.807) is 12.1 Å². The summed E-state index contributed by atoms with van der Waals surface area (Å²) in [6.07, 6.45) is 1.51. The highest BCUT2D eigenvalue weighted by Crippen LogP contribution is 1.93. The first-order valence-electron chi connectivity index (χ1n) is 3.26. The molecule has 1 heterocycles. The molecule has 1 rings (SSSR count). The Hall–Kier alpha value is -1.69. The van der Waals surface area contributed by atoms with Crippen molar-refractivity contribution in [3.63, 3.8) is 0 Å². The summed E-state index contributed by atoms with van der Waals surface area (Å²) >= 11 is 0. The van der Waals surface area contributed by atoms with E-state index < -0.39 is 12.5 Å². The second-order valence-electron chi connectivity index (χ2n) is 1.94. The minimum atomic E-state index is -0.562. The largest absolute Gasteiger partial charge is 0.386 e. The number of carbonyl (C=O) groups is 1. The SMILES string of the molecule is O=C(CO)NNc1cccnn1. The molecule has 6 heteroatoms. The summed E-state index contributed by atoms with van der Waals surface area (Å²) in [5.41, 5.74) is 4.67. The van der Waals surface area contributed by atoms with E-state index in [1.807, 2.05) is 0 Å². The maximum Gasteiger partial charge on any atom is 0.264 e. The average molecular weight is 168 g/mol. The van der Waals surface area contributed by atoms with Crippen LogP contribution in [0.15, 0.2) is 18.3 Å². The molecule has 0 aromatic carbocycles. The number of aliphatic hydroxyl groups is 1. The Morgan fingerprint density at radius 2 is 2.50 bits per heavy atom. The molecule has 0 aliphatic heterocycles. The van der Waals surface area contributed by atoms with Gasteiger partial charge in [-0.2, -0.15) is 5.10 Å². The summed E-state index contributed by atoms with van der Waals surface area (Å²) < 4.78 is 0. The van der Waals surface area contributed by atoms with Gasteiger partial charge in [0.1, 0.15) is 6.61 Å². The summed E-state index contributed by atoms with van der Waals surface area (Å²) in [5, 5.41) is 15.5. The number of amides is 1. The lowest BCUT2D eigenvalue weighted by molar-refractivity contribution is -0.123. The number of carbonyl (C=O) groups excluding carboxylic acids is 1. The molecule has 64 valence electrons. The molecule has 0 aliphatic rings. The van der Waals surface area contributed by atoms with Gasteiger partial charge in [0.15, 0.2) is 5.82 Å². The third-order valence-corrected chi connectivity index (χ3v) is 1.05. The van der Waals surface area contributed by atoms with Crippen molar-refractivity contribution in [2.24, 2.45) is 0 Å². The van der Waals surface area contributed by atoms with Crippen LogP contribution in [0, 0.1) is 0 Å². The van der Waals surface area contributed by atoms with Crippen molar-refractivity contribution in [1.29, 1.82) is 0 Å². The van der Waals surface area contributed by atoms with Gasteiger partial charge in [0.2, 0.25) is 0 Å². The monoisotopic (exact) mass is 168 g/mol. The van der Waals surface area contributed by atoms with Crippen molar-refractivity contribution in [2.45, 2.75) is 0 Å². The van der Waals surface area contributed by atoms with Crippen molar-refractivity contribution in [3.05, 3.63) is 18.3 Å². The standard InChI is InChI=1S/C6H8N4O2/c11-4-6(12)10-9-5-2-1-3-7-8-5/h1-3,11H,4H2,(H,8,9)(H,10,12). The fraction of sp³-hybridized carbons (Fsp3) is 0.167. The molecular weight excluding hydrogens is 160 g/mol. The summed E-state index contributed by atoms with van der Waals surface area (Å²) in [6, 6.07) is 3.30. The van der Waals surface area contributed by atoms with Crippen LogP contribution in [0.5, 0.6) is 0 Å². The fourth-order valence-electron chi connectivity index (χ4n) is 0.541. The van der Waals surface area contributed by atoms with Gasteiger partial charge in [-0.15, -0.1) is 5.10 Å². The Morgan fingerprint density at radius 3 is 3.08 bits per heavy atom. The topological polar surface area (TPSA) is 87.1 Å². The van der Waals surface area contributed by atoms with Gasteiger partial charge < -0.3 is 5.11 Å². The van der Waals surface area contributed by atoms with E-state index in [-0.39, 0.29) is 0 Å². The van der Waals surface area contributed by atoms with Gasteiger partial charge in [0.05, 0.1) is 0 Å². The predicted octanol–water partition coefficient (Wildman–Crippen LogP) is -1.09. The zero-order valence-electron chi connectivity index (χ0n) is 6.19. The van der Waals surface area contributed by atoms with Crippen LogP contribution in [-0.2, 0) is 4.79 Å². The number of hydrogen-bond donors (Lipinski definition) is 3. The zero-order valence-corrected chi connectivity index (χ0v) is 6.19. The minimum absolute atomic E-state index is 0.416. The third-order valence-electron chi connectivity index (χ3n) is 1.05. The lowest BCUT2D eigenvalue weighted by atomic mass is 10.5. The number of aromatic nitrogens is 2. The van der Waals surface area contributed by atoms with E-state index in [2.05, 4.69) is 21.0 Å². The van der Waals surface area contributed by atoms with Crippen LogP contribution in [0.4, 0.5) is 5.82 Å². The van der Waals surface area contributed by atoms with E-state index in [1.165, 1.54) is 6.20 Å². The van der Waals surface area contributed by atoms with Crippen molar-refractivity contribution < 1.29 is 9.90 Å². The lowest BCUT2D eigenvalue weighted by Crippen LogP contribution is -2.32. The Morgan fingerprint density at radius 1 is 1.67 bits per heavy atom. The molecule has 0 radical (unpaired) electrons. The summed E-state index contributed by atoms with van der Waals surface area (Å²) in [5.74, 6) is -0.111. The number of aliphatic hydroxyl groups excluding tert-OH is 1. The van der Waals surface area contributed by atoms with Crippen LogP contribution < -0.4 is 10.9 Å². The molecule has 3 N–H and O–H groups in total. The molecule has 0 aliphatic carbocycles. The van der Waals surface area contributed by atoms with E-state index >= 15 is 0 Å². The fourth-order valence-corrected chi connectivity index (χ4v) is 0.541. The molecule has 0 bridgehead atoms. The highest BCUT2D eigenvalue weighted by atomic mass is 16.3. The molecule has 0 saturated heterocycles. The van der Waals surface area contributed by atoms with Gasteiger partial charge in [-0.1, -0.05) is 0 Å². The Bertz CT molecular complexity index is 251. The normalized spacial score (nSPS) is 9.08. The van der Waals surface area contributed by atoms with Gasteiger partial charge in [-0.3, -0.25) is 15.6 Å². The van der Waals surface area contributed by atoms with Crippen LogP contribution in [-0.4, -0.2) is 27.8 Å². The molecular formula is C6H8N4O2. The van der Waals surface area contributed by atoms with Crippen LogP contribution in [0.1, 0.15) is 0 Å². The molecule has 0 spiro atoms. The molecule has 0 atom stereocenters. The molecule has 12 heavy (non-hydrogen) atoms. The molecule has 1 amide bonds. The van der Waals surface area contributed by atoms with Crippen molar-refractivity contribution >= 4 is 11.7 Å². The number of rotatable bonds is 3. The molecule has 1 aromatic heterocycles. The Balaban J connectivity index is 2.38. The number of nitrogens with zero attached hydrogens (tertiary/aromatic N) is 2. The maximum absolute atomic E-state index is 10.5. The predicted molar refractivity (Wildman–Crippen MR) is 40.9 cm³/mol.